The van der Waals surface area contributed by atoms with E-state index in [1.165, 1.54) is 6.92 Å². The number of fused-ring (bicyclic) bond motifs is 3. The van der Waals surface area contributed by atoms with E-state index in [1.54, 1.807) is 0 Å². The monoisotopic (exact) mass is 286 g/mol. The van der Waals surface area contributed by atoms with Gasteiger partial charge in [-0.3, -0.25) is 0 Å². The summed E-state index contributed by atoms with van der Waals surface area (Å²) in [6.07, 6.45) is -4.83. The Morgan fingerprint density at radius 1 is 1.30 bits per heavy atom. The lowest BCUT2D eigenvalue weighted by molar-refractivity contribution is -0.139. The summed E-state index contributed by atoms with van der Waals surface area (Å²) in [4.78, 5) is 17.8. The van der Waals surface area contributed by atoms with Gasteiger partial charge in [-0.15, -0.1) is 5.10 Å². The fraction of sp³-hybridized carbons (Fsp3) is 0.182. The number of benzene rings is 1. The maximum absolute atomic E-state index is 13.5. The second kappa shape index (κ2) is 3.78. The van der Waals surface area contributed by atoms with Crippen LogP contribution in [0.4, 0.5) is 17.6 Å². The molecular formula is C11H6F4N4O. The van der Waals surface area contributed by atoms with Gasteiger partial charge in [-0.1, -0.05) is 0 Å². The van der Waals surface area contributed by atoms with Crippen molar-refractivity contribution in [2.75, 3.05) is 0 Å². The van der Waals surface area contributed by atoms with Crippen LogP contribution in [-0.4, -0.2) is 19.6 Å². The highest BCUT2D eigenvalue weighted by atomic mass is 19.4. The number of aromatic amines is 1. The van der Waals surface area contributed by atoms with Crippen LogP contribution in [0.15, 0.2) is 16.9 Å². The molecule has 2 heterocycles. The number of aryl methyl sites for hydroxylation is 1. The van der Waals surface area contributed by atoms with E-state index in [0.29, 0.717) is 12.1 Å². The number of rotatable bonds is 0. The molecule has 0 aliphatic rings. The number of halogens is 4. The lowest BCUT2D eigenvalue weighted by atomic mass is 10.1. The molecule has 1 N–H and O–H groups in total. The molecule has 0 saturated heterocycles. The molecule has 0 aliphatic carbocycles. The minimum absolute atomic E-state index is 0.0288. The fourth-order valence-corrected chi connectivity index (χ4v) is 1.98. The predicted octanol–water partition coefficient (Wildman–Crippen LogP) is 2.04. The molecule has 0 bridgehead atoms. The van der Waals surface area contributed by atoms with Crippen LogP contribution in [0.5, 0.6) is 0 Å². The van der Waals surface area contributed by atoms with Gasteiger partial charge in [0.25, 0.3) is 0 Å². The van der Waals surface area contributed by atoms with Gasteiger partial charge in [-0.05, 0) is 19.1 Å². The fourth-order valence-electron chi connectivity index (χ4n) is 1.98. The van der Waals surface area contributed by atoms with Gasteiger partial charge < -0.3 is 4.98 Å². The average molecular weight is 286 g/mol. The first kappa shape index (κ1) is 12.6. The van der Waals surface area contributed by atoms with Crippen LogP contribution in [0, 0.1) is 12.7 Å². The van der Waals surface area contributed by atoms with Crippen LogP contribution in [-0.2, 0) is 6.18 Å². The molecule has 104 valence electrons. The Kier molecular flexibility index (Phi) is 2.38. The smallest absolute Gasteiger partial charge is 0.305 e. The first-order valence-corrected chi connectivity index (χ1v) is 5.43. The van der Waals surface area contributed by atoms with E-state index < -0.39 is 23.2 Å². The Balaban J connectivity index is 2.51. The van der Waals surface area contributed by atoms with Crippen molar-refractivity contribution in [2.45, 2.75) is 13.1 Å². The van der Waals surface area contributed by atoms with Gasteiger partial charge in [0.2, 0.25) is 0 Å². The van der Waals surface area contributed by atoms with Crippen molar-refractivity contribution >= 4 is 16.6 Å². The van der Waals surface area contributed by atoms with Gasteiger partial charge >= 0.3 is 11.9 Å². The summed E-state index contributed by atoms with van der Waals surface area (Å²) in [5, 5.41) is 3.74. The number of nitrogens with one attached hydrogen (secondary N) is 1. The van der Waals surface area contributed by atoms with Crippen LogP contribution >= 0.6 is 0 Å². The zero-order valence-corrected chi connectivity index (χ0v) is 9.92. The number of hydrogen-bond acceptors (Lipinski definition) is 3. The van der Waals surface area contributed by atoms with E-state index in [4.69, 9.17) is 0 Å². The molecule has 1 aromatic carbocycles. The van der Waals surface area contributed by atoms with Gasteiger partial charge in [-0.25, -0.2) is 14.2 Å². The highest BCUT2D eigenvalue weighted by molar-refractivity contribution is 5.91. The van der Waals surface area contributed by atoms with E-state index in [0.717, 1.165) is 4.52 Å². The SMILES string of the molecule is Cc1nc2c3cc(C(F)(F)F)c(F)cc3[nH]c(=O)n2n1. The Labute approximate surface area is 107 Å². The van der Waals surface area contributed by atoms with Crippen molar-refractivity contribution in [2.24, 2.45) is 0 Å². The van der Waals surface area contributed by atoms with E-state index in [2.05, 4.69) is 15.1 Å². The number of H-pyrrole nitrogens is 1. The highest BCUT2D eigenvalue weighted by Gasteiger charge is 2.34. The largest absolute Gasteiger partial charge is 0.419 e. The second-order valence-electron chi connectivity index (χ2n) is 4.20. The quantitative estimate of drug-likeness (QED) is 0.643. The first-order valence-electron chi connectivity index (χ1n) is 5.43. The molecule has 0 spiro atoms. The third kappa shape index (κ3) is 1.74. The van der Waals surface area contributed by atoms with Crippen molar-refractivity contribution in [1.82, 2.24) is 19.6 Å². The second-order valence-corrected chi connectivity index (χ2v) is 4.20. The van der Waals surface area contributed by atoms with Crippen LogP contribution in [0.25, 0.3) is 16.6 Å². The van der Waals surface area contributed by atoms with E-state index in [1.807, 2.05) is 0 Å². The third-order valence-corrected chi connectivity index (χ3v) is 2.80. The molecule has 0 atom stereocenters. The summed E-state index contributed by atoms with van der Waals surface area (Å²) in [6, 6.07) is 1.24. The average Bonchev–Trinajstić information content (AvgIpc) is 2.69. The predicted molar refractivity (Wildman–Crippen MR) is 60.8 cm³/mol. The summed E-state index contributed by atoms with van der Waals surface area (Å²) >= 11 is 0. The van der Waals surface area contributed by atoms with Gasteiger partial charge in [0.1, 0.15) is 11.6 Å². The van der Waals surface area contributed by atoms with Crippen molar-refractivity contribution in [3.05, 3.63) is 39.8 Å². The van der Waals surface area contributed by atoms with Crippen molar-refractivity contribution in [3.63, 3.8) is 0 Å². The van der Waals surface area contributed by atoms with Gasteiger partial charge in [0.05, 0.1) is 11.1 Å². The highest BCUT2D eigenvalue weighted by Crippen LogP contribution is 2.33. The molecule has 0 amide bonds. The normalized spacial score (nSPS) is 12.4. The maximum Gasteiger partial charge on any atom is 0.419 e. The molecule has 3 rings (SSSR count). The van der Waals surface area contributed by atoms with Crippen molar-refractivity contribution in [3.8, 4) is 0 Å². The number of hydrogen-bond donors (Lipinski definition) is 1. The van der Waals surface area contributed by atoms with E-state index in [-0.39, 0.29) is 22.4 Å². The van der Waals surface area contributed by atoms with Gasteiger partial charge in [-0.2, -0.15) is 17.7 Å². The van der Waals surface area contributed by atoms with Crippen LogP contribution in [0.2, 0.25) is 0 Å². The molecule has 9 heteroatoms. The maximum atomic E-state index is 13.5. The van der Waals surface area contributed by atoms with Gasteiger partial charge in [0, 0.05) is 5.39 Å². The molecule has 0 unspecified atom stereocenters. The topological polar surface area (TPSA) is 63.0 Å². The number of alkyl halides is 3. The Morgan fingerprint density at radius 3 is 2.65 bits per heavy atom. The van der Waals surface area contributed by atoms with Crippen molar-refractivity contribution < 1.29 is 17.6 Å². The summed E-state index contributed by atoms with van der Waals surface area (Å²) in [5.74, 6) is -1.23. The number of aromatic nitrogens is 4. The third-order valence-electron chi connectivity index (χ3n) is 2.80. The molecule has 5 nitrogen and oxygen atoms in total. The summed E-state index contributed by atoms with van der Waals surface area (Å²) in [7, 11) is 0. The standard InChI is InChI=1S/C11H6F4N4O/c1-4-16-9-5-2-6(11(13,14)15)7(12)3-8(5)17-10(20)19(9)18-4/h2-3H,1H3,(H,17,20). The molecular weight excluding hydrogens is 280 g/mol. The minimum Gasteiger partial charge on any atom is -0.305 e. The molecule has 3 aromatic rings. The zero-order chi connectivity index (χ0) is 14.7. The summed E-state index contributed by atoms with van der Waals surface area (Å²) in [6.45, 7) is 1.49. The first-order chi connectivity index (χ1) is 9.27. The molecule has 0 aliphatic heterocycles. The molecule has 2 aromatic heterocycles. The lowest BCUT2D eigenvalue weighted by Gasteiger charge is -2.09. The van der Waals surface area contributed by atoms with Crippen molar-refractivity contribution in [1.29, 1.82) is 0 Å². The zero-order valence-electron chi connectivity index (χ0n) is 9.92. The minimum atomic E-state index is -4.83. The van der Waals surface area contributed by atoms with E-state index in [9.17, 15) is 22.4 Å². The Morgan fingerprint density at radius 2 is 2.00 bits per heavy atom. The lowest BCUT2D eigenvalue weighted by Crippen LogP contribution is -2.18. The summed E-state index contributed by atoms with van der Waals surface area (Å²) < 4.78 is 52.4. The molecule has 20 heavy (non-hydrogen) atoms. The Bertz CT molecular complexity index is 893. The molecule has 0 radical (unpaired) electrons. The van der Waals surface area contributed by atoms with Crippen LogP contribution in [0.3, 0.4) is 0 Å². The molecule has 0 fully saturated rings. The van der Waals surface area contributed by atoms with Gasteiger partial charge in [0.15, 0.2) is 5.65 Å². The van der Waals surface area contributed by atoms with Crippen LogP contribution < -0.4 is 5.69 Å². The molecule has 0 saturated carbocycles. The Hall–Kier alpha value is -2.45. The van der Waals surface area contributed by atoms with E-state index >= 15 is 0 Å². The van der Waals surface area contributed by atoms with Crippen LogP contribution in [0.1, 0.15) is 11.4 Å². The number of nitrogens with zero attached hydrogens (tertiary/aromatic N) is 3. The summed E-state index contributed by atoms with van der Waals surface area (Å²) in [5.41, 5.74) is -2.24.